The minimum atomic E-state index is -3.90. The summed E-state index contributed by atoms with van der Waals surface area (Å²) in [7, 11) is -3.90. The van der Waals surface area contributed by atoms with Crippen molar-refractivity contribution in [1.29, 1.82) is 0 Å². The van der Waals surface area contributed by atoms with Crippen molar-refractivity contribution < 1.29 is 47.6 Å². The van der Waals surface area contributed by atoms with Crippen LogP contribution in [-0.4, -0.2) is 31.2 Å². The molecule has 0 aliphatic rings. The quantitative estimate of drug-likeness (QED) is 0.157. The summed E-state index contributed by atoms with van der Waals surface area (Å²) in [4.78, 5) is 3.81. The Hall–Kier alpha value is 0.120. The van der Waals surface area contributed by atoms with Crippen molar-refractivity contribution in [3.05, 3.63) is 12.2 Å². The first-order valence-electron chi connectivity index (χ1n) is 8.29. The Morgan fingerprint density at radius 2 is 1.65 bits per heavy atom. The van der Waals surface area contributed by atoms with Gasteiger partial charge in [-0.3, -0.25) is 4.55 Å². The molecular weight excluding hydrogens is 325 g/mol. The molecule has 0 atom stereocenters. The molecule has 0 fully saturated rings. The molecule has 0 rings (SSSR count). The van der Waals surface area contributed by atoms with Crippen molar-refractivity contribution in [1.82, 2.24) is 0 Å². The van der Waals surface area contributed by atoms with Crippen molar-refractivity contribution in [2.75, 3.05) is 12.3 Å². The number of hydrogen-bond donors (Lipinski definition) is 1. The van der Waals surface area contributed by atoms with E-state index in [1.807, 2.05) is 6.08 Å². The van der Waals surface area contributed by atoms with Gasteiger partial charge in [-0.2, -0.15) is 8.42 Å². The molecule has 0 spiro atoms. The summed E-state index contributed by atoms with van der Waals surface area (Å²) in [6.45, 7) is 2.51. The molecule has 130 valence electrons. The molecule has 0 aromatic rings. The van der Waals surface area contributed by atoms with Crippen molar-refractivity contribution in [3.63, 3.8) is 0 Å². The Morgan fingerprint density at radius 1 is 1.04 bits per heavy atom. The van der Waals surface area contributed by atoms with Gasteiger partial charge in [-0.25, -0.2) is 0 Å². The number of allylic oxidation sites excluding steroid dienone is 1. The van der Waals surface area contributed by atoms with E-state index in [2.05, 4.69) is 11.9 Å². The molecule has 23 heavy (non-hydrogen) atoms. The maximum absolute atomic E-state index is 11.4. The third-order valence-electron chi connectivity index (χ3n) is 3.31. The van der Waals surface area contributed by atoms with Crippen molar-refractivity contribution in [2.45, 2.75) is 71.1 Å². The summed E-state index contributed by atoms with van der Waals surface area (Å²) < 4.78 is 29.5. The zero-order valence-corrected chi connectivity index (χ0v) is 17.5. The average molecular weight is 355 g/mol. The molecule has 0 saturated heterocycles. The van der Waals surface area contributed by atoms with Gasteiger partial charge in [-0.05, 0) is 31.6 Å². The summed E-state index contributed by atoms with van der Waals surface area (Å²) in [5, 5.41) is 11.4. The molecule has 5 nitrogen and oxygen atoms in total. The first-order chi connectivity index (χ1) is 10.5. The molecule has 7 heteroatoms. The molecular formula is C16H30NNaO4S. The Kier molecular flexibility index (Phi) is 18.7. The normalized spacial score (nSPS) is 12.5. The van der Waals surface area contributed by atoms with Gasteiger partial charge in [-0.15, -0.1) is 0 Å². The number of nitrogens with zero attached hydrogens (tertiary/aromatic N) is 1. The van der Waals surface area contributed by atoms with Crippen LogP contribution in [-0.2, 0) is 10.1 Å². The molecule has 0 aromatic heterocycles. The van der Waals surface area contributed by atoms with Crippen LogP contribution in [0.15, 0.2) is 17.1 Å². The second-order valence-electron chi connectivity index (χ2n) is 5.53. The van der Waals surface area contributed by atoms with Gasteiger partial charge in [0.15, 0.2) is 0 Å². The third-order valence-corrected chi connectivity index (χ3v) is 4.12. The molecule has 0 radical (unpaired) electrons. The van der Waals surface area contributed by atoms with Crippen LogP contribution in [0.1, 0.15) is 71.1 Å². The zero-order valence-electron chi connectivity index (χ0n) is 14.7. The molecule has 0 amide bonds. The van der Waals surface area contributed by atoms with Gasteiger partial charge in [0.25, 0.3) is 10.1 Å². The Bertz CT molecular complexity index is 422. The monoisotopic (exact) mass is 355 g/mol. The second-order valence-corrected chi connectivity index (χ2v) is 7.10. The van der Waals surface area contributed by atoms with Gasteiger partial charge in [0.1, 0.15) is 0 Å². The Labute approximate surface area is 163 Å². The van der Waals surface area contributed by atoms with Crippen LogP contribution in [0.2, 0.25) is 0 Å². The first kappa shape index (κ1) is 25.4. The summed E-state index contributed by atoms with van der Waals surface area (Å²) in [5.74, 6) is -0.542. The van der Waals surface area contributed by atoms with E-state index in [1.165, 1.54) is 44.6 Å². The molecule has 0 unspecified atom stereocenters. The molecule has 1 N–H and O–H groups in total. The Morgan fingerprint density at radius 3 is 2.26 bits per heavy atom. The van der Waals surface area contributed by atoms with Crippen LogP contribution in [0.3, 0.4) is 0 Å². The largest absolute Gasteiger partial charge is 1.00 e. The number of aliphatic imine (C=N–C) groups is 1. The first-order valence-corrected chi connectivity index (χ1v) is 9.90. The minimum Gasteiger partial charge on any atom is -0.859 e. The van der Waals surface area contributed by atoms with E-state index in [-0.39, 0.29) is 41.2 Å². The van der Waals surface area contributed by atoms with Gasteiger partial charge < -0.3 is 10.1 Å². The smallest absolute Gasteiger partial charge is 0.859 e. The predicted molar refractivity (Wildman–Crippen MR) is 89.7 cm³/mol. The van der Waals surface area contributed by atoms with E-state index in [9.17, 15) is 13.5 Å². The van der Waals surface area contributed by atoms with E-state index in [1.54, 1.807) is 0 Å². The summed E-state index contributed by atoms with van der Waals surface area (Å²) in [6.07, 6.45) is 13.8. The van der Waals surface area contributed by atoms with E-state index >= 15 is 0 Å². The molecule has 0 aromatic carbocycles. The van der Waals surface area contributed by atoms with Gasteiger partial charge in [-0.1, -0.05) is 57.6 Å². The van der Waals surface area contributed by atoms with Crippen molar-refractivity contribution in [3.8, 4) is 0 Å². The number of hydrogen-bond acceptors (Lipinski definition) is 4. The van der Waals surface area contributed by atoms with Crippen molar-refractivity contribution in [2.24, 2.45) is 4.99 Å². The van der Waals surface area contributed by atoms with E-state index in [0.717, 1.165) is 12.8 Å². The zero-order chi connectivity index (χ0) is 16.7. The fourth-order valence-corrected chi connectivity index (χ4v) is 2.61. The van der Waals surface area contributed by atoms with Crippen LogP contribution >= 0.6 is 0 Å². The predicted octanol–water partition coefficient (Wildman–Crippen LogP) is 0.114. The van der Waals surface area contributed by atoms with Crippen LogP contribution in [0.5, 0.6) is 0 Å². The van der Waals surface area contributed by atoms with E-state index in [4.69, 9.17) is 4.55 Å². The average Bonchev–Trinajstić information content (AvgIpc) is 2.44. The molecule has 0 saturated carbocycles. The second kappa shape index (κ2) is 17.0. The van der Waals surface area contributed by atoms with E-state index < -0.39 is 10.1 Å². The number of rotatable bonds is 14. The molecule has 0 aliphatic carbocycles. The number of unbranched alkanes of at least 4 members (excludes halogenated alkanes) is 8. The van der Waals surface area contributed by atoms with E-state index in [0.29, 0.717) is 19.4 Å². The van der Waals surface area contributed by atoms with Crippen LogP contribution in [0, 0.1) is 0 Å². The van der Waals surface area contributed by atoms with Gasteiger partial charge in [0, 0.05) is 6.54 Å². The third kappa shape index (κ3) is 22.1. The maximum Gasteiger partial charge on any atom is 1.00 e. The Balaban J connectivity index is 0. The topological polar surface area (TPSA) is 89.8 Å². The molecule has 0 aliphatic heterocycles. The summed E-state index contributed by atoms with van der Waals surface area (Å²) in [6, 6.07) is 0. The molecule has 0 heterocycles. The fourth-order valence-electron chi connectivity index (χ4n) is 2.04. The van der Waals surface area contributed by atoms with Gasteiger partial charge >= 0.3 is 29.6 Å². The summed E-state index contributed by atoms with van der Waals surface area (Å²) in [5.41, 5.74) is 0. The van der Waals surface area contributed by atoms with Crippen LogP contribution in [0.25, 0.3) is 0 Å². The van der Waals surface area contributed by atoms with Gasteiger partial charge in [0.2, 0.25) is 0 Å². The fraction of sp³-hybridized carbons (Fsp3) is 0.812. The standard InChI is InChI=1S/C16H31NO4S.Na/c1-2-3-4-5-6-7-8-9-10-13-16(18)17-14-11-12-15-22(19,20)21;/h10,13H,2-9,11-12,14-15H2,1H3,(H,17,18)(H,19,20,21);/q;+1/p-1/b13-10+;. The maximum atomic E-state index is 11.4. The van der Waals surface area contributed by atoms with Gasteiger partial charge in [0.05, 0.1) is 5.75 Å². The van der Waals surface area contributed by atoms with Crippen molar-refractivity contribution >= 4 is 16.0 Å². The minimum absolute atomic E-state index is 0. The SMILES string of the molecule is CCCCCCCCC/C=C/C([O-])=NCCCCS(=O)(=O)O.[Na+]. The van der Waals surface area contributed by atoms with Crippen LogP contribution < -0.4 is 34.7 Å². The summed E-state index contributed by atoms with van der Waals surface area (Å²) >= 11 is 0. The molecule has 0 bridgehead atoms. The van der Waals surface area contributed by atoms with Crippen LogP contribution in [0.4, 0.5) is 0 Å².